The highest BCUT2D eigenvalue weighted by Gasteiger charge is 2.56. The molecule has 154 valence electrons. The number of carboxylic acids is 1. The van der Waals surface area contributed by atoms with Gasteiger partial charge >= 0.3 is 5.97 Å². The Bertz CT molecular complexity index is 829. The number of hydrogen-bond donors (Lipinski definition) is 2. The van der Waals surface area contributed by atoms with Gasteiger partial charge in [-0.1, -0.05) is 6.07 Å². The molecule has 5 aliphatic rings. The topological polar surface area (TPSA) is 86.7 Å². The Balaban J connectivity index is 1.32. The van der Waals surface area contributed by atoms with Crippen molar-refractivity contribution in [1.29, 1.82) is 0 Å². The molecule has 6 nitrogen and oxygen atoms in total. The van der Waals surface area contributed by atoms with E-state index in [1.165, 1.54) is 31.4 Å². The molecule has 6 heteroatoms. The van der Waals surface area contributed by atoms with Crippen molar-refractivity contribution in [3.8, 4) is 0 Å². The number of likely N-dealkylation sites (tertiary alicyclic amines) is 1. The molecule has 1 atom stereocenters. The van der Waals surface area contributed by atoms with Gasteiger partial charge < -0.3 is 15.3 Å². The van der Waals surface area contributed by atoms with E-state index in [9.17, 15) is 14.4 Å². The third-order valence-corrected chi connectivity index (χ3v) is 7.69. The smallest absolute Gasteiger partial charge is 0.335 e. The standard InChI is InChI=1S/C23H28N2O4/c26-20(24-18-4-1-3-17(10-18)21(27)28)19-5-2-6-25(19)22(29)23-11-14-7-15(12-23)9-16(8-14)13-23/h1,3-4,10,14-16,19H,2,5-9,11-13H2,(H,24,26)(H,27,28). The van der Waals surface area contributed by atoms with Crippen LogP contribution in [-0.4, -0.2) is 40.4 Å². The average molecular weight is 396 g/mol. The lowest BCUT2D eigenvalue weighted by Gasteiger charge is -2.56. The molecular formula is C23H28N2O4. The molecule has 5 fully saturated rings. The van der Waals surface area contributed by atoms with Crippen molar-refractivity contribution < 1.29 is 19.5 Å². The van der Waals surface area contributed by atoms with Crippen molar-refractivity contribution in [2.75, 3.05) is 11.9 Å². The number of benzene rings is 1. The number of rotatable bonds is 4. The van der Waals surface area contributed by atoms with Crippen LogP contribution in [0, 0.1) is 23.2 Å². The van der Waals surface area contributed by atoms with Crippen LogP contribution in [0.2, 0.25) is 0 Å². The number of aromatic carboxylic acids is 1. The summed E-state index contributed by atoms with van der Waals surface area (Å²) in [4.78, 5) is 39.7. The minimum absolute atomic E-state index is 0.135. The van der Waals surface area contributed by atoms with E-state index in [0.717, 1.165) is 25.7 Å². The van der Waals surface area contributed by atoms with Crippen molar-refractivity contribution in [2.24, 2.45) is 23.2 Å². The van der Waals surface area contributed by atoms with Crippen LogP contribution in [0.3, 0.4) is 0 Å². The molecule has 0 radical (unpaired) electrons. The van der Waals surface area contributed by atoms with Gasteiger partial charge in [-0.3, -0.25) is 9.59 Å². The maximum absolute atomic E-state index is 13.7. The molecule has 2 amide bonds. The normalized spacial score (nSPS) is 35.0. The largest absolute Gasteiger partial charge is 0.478 e. The molecule has 1 heterocycles. The summed E-state index contributed by atoms with van der Waals surface area (Å²) < 4.78 is 0. The Morgan fingerprint density at radius 3 is 2.31 bits per heavy atom. The number of carbonyl (C=O) groups is 3. The predicted molar refractivity (Wildman–Crippen MR) is 107 cm³/mol. The molecule has 0 spiro atoms. The van der Waals surface area contributed by atoms with Crippen molar-refractivity contribution in [3.63, 3.8) is 0 Å². The van der Waals surface area contributed by atoms with Crippen LogP contribution in [0.5, 0.6) is 0 Å². The van der Waals surface area contributed by atoms with Gasteiger partial charge in [0.15, 0.2) is 0 Å². The Kier molecular flexibility index (Phi) is 4.41. The third-order valence-electron chi connectivity index (χ3n) is 7.69. The predicted octanol–water partition coefficient (Wildman–Crippen LogP) is 3.53. The number of amides is 2. The van der Waals surface area contributed by atoms with E-state index in [0.29, 0.717) is 36.4 Å². The molecule has 1 saturated heterocycles. The lowest BCUT2D eigenvalue weighted by molar-refractivity contribution is -0.160. The summed E-state index contributed by atoms with van der Waals surface area (Å²) in [6, 6.07) is 5.80. The molecule has 1 aromatic rings. The van der Waals surface area contributed by atoms with Gasteiger partial charge in [0.1, 0.15) is 6.04 Å². The summed E-state index contributed by atoms with van der Waals surface area (Å²) in [6.45, 7) is 0.647. The fraction of sp³-hybridized carbons (Fsp3) is 0.609. The monoisotopic (exact) mass is 396 g/mol. The van der Waals surface area contributed by atoms with E-state index in [4.69, 9.17) is 5.11 Å². The first-order valence-corrected chi connectivity index (χ1v) is 10.9. The molecule has 1 unspecified atom stereocenters. The van der Waals surface area contributed by atoms with Crippen molar-refractivity contribution in [1.82, 2.24) is 4.90 Å². The zero-order valence-electron chi connectivity index (χ0n) is 16.6. The van der Waals surface area contributed by atoms with E-state index in [1.807, 2.05) is 4.90 Å². The fourth-order valence-corrected chi connectivity index (χ4v) is 6.92. The van der Waals surface area contributed by atoms with Crippen LogP contribution in [0.15, 0.2) is 24.3 Å². The molecule has 6 rings (SSSR count). The second-order valence-corrected chi connectivity index (χ2v) is 9.73. The number of nitrogens with one attached hydrogen (secondary N) is 1. The van der Waals surface area contributed by atoms with Crippen molar-refractivity contribution in [2.45, 2.75) is 57.4 Å². The van der Waals surface area contributed by atoms with Crippen molar-refractivity contribution in [3.05, 3.63) is 29.8 Å². The van der Waals surface area contributed by atoms with Gasteiger partial charge in [-0.05, 0) is 87.3 Å². The number of carbonyl (C=O) groups excluding carboxylic acids is 2. The van der Waals surface area contributed by atoms with Gasteiger partial charge in [0, 0.05) is 12.2 Å². The molecule has 1 aliphatic heterocycles. The Labute approximate surface area is 170 Å². The lowest BCUT2D eigenvalue weighted by atomic mass is 9.49. The molecule has 4 saturated carbocycles. The quantitative estimate of drug-likeness (QED) is 0.815. The Morgan fingerprint density at radius 2 is 1.69 bits per heavy atom. The summed E-state index contributed by atoms with van der Waals surface area (Å²) >= 11 is 0. The minimum atomic E-state index is -1.03. The van der Waals surface area contributed by atoms with Gasteiger partial charge in [0.2, 0.25) is 11.8 Å². The summed E-state index contributed by atoms with van der Waals surface area (Å²) in [5, 5.41) is 12.0. The lowest BCUT2D eigenvalue weighted by Crippen LogP contribution is -2.56. The zero-order valence-corrected chi connectivity index (χ0v) is 16.6. The molecule has 0 aromatic heterocycles. The third kappa shape index (κ3) is 3.22. The second kappa shape index (κ2) is 6.85. The molecule has 1 aromatic carbocycles. The first-order valence-electron chi connectivity index (χ1n) is 10.9. The SMILES string of the molecule is O=C(O)c1cccc(NC(=O)C2CCCN2C(=O)C23CC4CC(CC(C4)C2)C3)c1. The van der Waals surface area contributed by atoms with Crippen LogP contribution in [0.25, 0.3) is 0 Å². The van der Waals surface area contributed by atoms with Crippen LogP contribution in [0.4, 0.5) is 5.69 Å². The summed E-state index contributed by atoms with van der Waals surface area (Å²) in [7, 11) is 0. The maximum Gasteiger partial charge on any atom is 0.335 e. The highest BCUT2D eigenvalue weighted by molar-refractivity contribution is 5.99. The van der Waals surface area contributed by atoms with Crippen LogP contribution in [-0.2, 0) is 9.59 Å². The van der Waals surface area contributed by atoms with Gasteiger partial charge in [-0.25, -0.2) is 4.79 Å². The van der Waals surface area contributed by atoms with E-state index in [-0.39, 0.29) is 22.8 Å². The number of hydrogen-bond acceptors (Lipinski definition) is 3. The molecule has 4 aliphatic carbocycles. The first kappa shape index (κ1) is 18.6. The number of nitrogens with zero attached hydrogens (tertiary/aromatic N) is 1. The first-order chi connectivity index (χ1) is 13.9. The van der Waals surface area contributed by atoms with Crippen LogP contribution < -0.4 is 5.32 Å². The van der Waals surface area contributed by atoms with E-state index in [1.54, 1.807) is 12.1 Å². The van der Waals surface area contributed by atoms with Crippen LogP contribution >= 0.6 is 0 Å². The summed E-state index contributed by atoms with van der Waals surface area (Å²) in [5.74, 6) is 1.05. The Hall–Kier alpha value is -2.37. The highest BCUT2D eigenvalue weighted by Crippen LogP contribution is 2.60. The highest BCUT2D eigenvalue weighted by atomic mass is 16.4. The molecule has 29 heavy (non-hydrogen) atoms. The number of carboxylic acid groups (broad SMARTS) is 1. The minimum Gasteiger partial charge on any atom is -0.478 e. The van der Waals surface area contributed by atoms with Crippen molar-refractivity contribution >= 4 is 23.5 Å². The van der Waals surface area contributed by atoms with E-state index in [2.05, 4.69) is 5.32 Å². The molecule has 4 bridgehead atoms. The molecular weight excluding hydrogens is 368 g/mol. The van der Waals surface area contributed by atoms with Gasteiger partial charge in [0.05, 0.1) is 11.0 Å². The fourth-order valence-electron chi connectivity index (χ4n) is 6.92. The zero-order chi connectivity index (χ0) is 20.2. The van der Waals surface area contributed by atoms with E-state index < -0.39 is 12.0 Å². The van der Waals surface area contributed by atoms with E-state index >= 15 is 0 Å². The van der Waals surface area contributed by atoms with Crippen LogP contribution in [0.1, 0.15) is 61.7 Å². The molecule has 2 N–H and O–H groups in total. The Morgan fingerprint density at radius 1 is 1.03 bits per heavy atom. The maximum atomic E-state index is 13.7. The second-order valence-electron chi connectivity index (χ2n) is 9.73. The van der Waals surface area contributed by atoms with Gasteiger partial charge in [-0.2, -0.15) is 0 Å². The number of anilines is 1. The van der Waals surface area contributed by atoms with Gasteiger partial charge in [-0.15, -0.1) is 0 Å². The average Bonchev–Trinajstić information content (AvgIpc) is 3.16. The van der Waals surface area contributed by atoms with Gasteiger partial charge in [0.25, 0.3) is 0 Å². The summed E-state index contributed by atoms with van der Waals surface area (Å²) in [5.41, 5.74) is 0.362. The summed E-state index contributed by atoms with van der Waals surface area (Å²) in [6.07, 6.45) is 8.38.